The average molecular weight is 479 g/mol. The summed E-state index contributed by atoms with van der Waals surface area (Å²) < 4.78 is 5.73. The maximum absolute atomic E-state index is 13.3. The molecule has 34 heavy (non-hydrogen) atoms. The van der Waals surface area contributed by atoms with Gasteiger partial charge in [-0.2, -0.15) is 0 Å². The van der Waals surface area contributed by atoms with Gasteiger partial charge in [-0.3, -0.25) is 9.69 Å². The molecule has 9 nitrogen and oxygen atoms in total. The summed E-state index contributed by atoms with van der Waals surface area (Å²) in [5, 5.41) is 9.87. The zero-order valence-electron chi connectivity index (χ0n) is 19.3. The van der Waals surface area contributed by atoms with Gasteiger partial charge < -0.3 is 20.7 Å². The number of aryl methyl sites for hydroxylation is 1. The van der Waals surface area contributed by atoms with E-state index in [0.717, 1.165) is 29.6 Å². The van der Waals surface area contributed by atoms with Gasteiger partial charge in [0.1, 0.15) is 9.71 Å². The number of anilines is 3. The Morgan fingerprint density at radius 1 is 1.32 bits per heavy atom. The molecule has 2 aliphatic rings. The minimum absolute atomic E-state index is 0.253. The molecule has 0 bridgehead atoms. The molecule has 5 heterocycles. The van der Waals surface area contributed by atoms with Gasteiger partial charge in [0, 0.05) is 24.5 Å². The molecule has 0 aliphatic carbocycles. The van der Waals surface area contributed by atoms with Gasteiger partial charge in [0.05, 0.1) is 35.3 Å². The highest BCUT2D eigenvalue weighted by Gasteiger charge is 2.33. The van der Waals surface area contributed by atoms with Gasteiger partial charge in [-0.1, -0.05) is 19.9 Å². The fourth-order valence-corrected chi connectivity index (χ4v) is 5.03. The standard InChI is InChI=1S/C24H26N6O3S/c1-13(2)12-33-18-9-14(3)17(11-27-18)30-16-6-8-26-23-19(16)20(29-24(30)32)21(34-23)22(31)28-15-5-4-7-25-10-15/h5-6,8-9,11,13,25H,4,7,10,12H2,1-3H3,(H,28,31)(H,29,32). The van der Waals surface area contributed by atoms with Crippen molar-refractivity contribution in [3.63, 3.8) is 0 Å². The van der Waals surface area contributed by atoms with Crippen LogP contribution in [0.25, 0.3) is 10.2 Å². The summed E-state index contributed by atoms with van der Waals surface area (Å²) in [5.74, 6) is 0.653. The number of amides is 3. The zero-order valence-corrected chi connectivity index (χ0v) is 20.1. The summed E-state index contributed by atoms with van der Waals surface area (Å²) in [4.78, 5) is 37.9. The number of pyridine rings is 2. The van der Waals surface area contributed by atoms with Gasteiger partial charge in [-0.05, 0) is 37.4 Å². The van der Waals surface area contributed by atoms with Gasteiger partial charge in [-0.25, -0.2) is 14.8 Å². The fraction of sp³-hybridized carbons (Fsp3) is 0.333. The van der Waals surface area contributed by atoms with E-state index in [-0.39, 0.29) is 11.9 Å². The Bertz CT molecular complexity index is 1320. The molecule has 0 atom stereocenters. The predicted octanol–water partition coefficient (Wildman–Crippen LogP) is 4.33. The first-order chi connectivity index (χ1) is 16.4. The van der Waals surface area contributed by atoms with Gasteiger partial charge >= 0.3 is 6.03 Å². The molecule has 0 fully saturated rings. The van der Waals surface area contributed by atoms with Gasteiger partial charge in [0.15, 0.2) is 0 Å². The summed E-state index contributed by atoms with van der Waals surface area (Å²) in [5.41, 5.74) is 3.48. The highest BCUT2D eigenvalue weighted by Crippen LogP contribution is 2.46. The second kappa shape index (κ2) is 9.03. The van der Waals surface area contributed by atoms with Crippen LogP contribution in [0.1, 0.15) is 35.5 Å². The summed E-state index contributed by atoms with van der Waals surface area (Å²) >= 11 is 1.27. The van der Waals surface area contributed by atoms with Crippen molar-refractivity contribution in [3.8, 4) is 5.88 Å². The van der Waals surface area contributed by atoms with Gasteiger partial charge in [0.25, 0.3) is 5.91 Å². The Balaban J connectivity index is 1.51. The second-order valence-electron chi connectivity index (χ2n) is 8.74. The van der Waals surface area contributed by atoms with Crippen LogP contribution in [-0.2, 0) is 0 Å². The van der Waals surface area contributed by atoms with Crippen LogP contribution in [-0.4, -0.2) is 41.6 Å². The molecule has 2 aliphatic heterocycles. The summed E-state index contributed by atoms with van der Waals surface area (Å²) in [7, 11) is 0. The number of nitrogens with zero attached hydrogens (tertiary/aromatic N) is 3. The molecule has 3 amide bonds. The molecule has 3 aromatic rings. The van der Waals surface area contributed by atoms with Crippen LogP contribution in [0.2, 0.25) is 0 Å². The largest absolute Gasteiger partial charge is 0.477 e. The Hall–Kier alpha value is -3.50. The molecular formula is C24H26N6O3S. The molecule has 10 heteroatoms. The maximum atomic E-state index is 13.3. The third-order valence-electron chi connectivity index (χ3n) is 5.62. The Labute approximate surface area is 201 Å². The lowest BCUT2D eigenvalue weighted by Gasteiger charge is -2.29. The van der Waals surface area contributed by atoms with E-state index in [4.69, 9.17) is 4.74 Å². The maximum Gasteiger partial charge on any atom is 0.331 e. The van der Waals surface area contributed by atoms with Crippen LogP contribution in [0.15, 0.2) is 36.3 Å². The Kier molecular flexibility index (Phi) is 5.93. The predicted molar refractivity (Wildman–Crippen MR) is 133 cm³/mol. The van der Waals surface area contributed by atoms with Crippen molar-refractivity contribution in [3.05, 3.63) is 46.7 Å². The van der Waals surface area contributed by atoms with E-state index >= 15 is 0 Å². The van der Waals surface area contributed by atoms with E-state index < -0.39 is 0 Å². The zero-order chi connectivity index (χ0) is 23.8. The number of thiophene rings is 1. The van der Waals surface area contributed by atoms with Crippen molar-refractivity contribution in [1.82, 2.24) is 20.6 Å². The SMILES string of the molecule is Cc1cc(OCC(C)C)ncc1N1C(=O)Nc2c(C(=O)NC3=CCCNC3)sc3nccc1c23. The van der Waals surface area contributed by atoms with Crippen LogP contribution >= 0.6 is 11.3 Å². The van der Waals surface area contributed by atoms with Gasteiger partial charge in [0.2, 0.25) is 5.88 Å². The van der Waals surface area contributed by atoms with Crippen molar-refractivity contribution in [2.75, 3.05) is 29.9 Å². The van der Waals surface area contributed by atoms with Crippen molar-refractivity contribution < 1.29 is 14.3 Å². The first-order valence-electron chi connectivity index (χ1n) is 11.3. The number of carbonyl (C=O) groups is 2. The normalized spacial score (nSPS) is 15.4. The lowest BCUT2D eigenvalue weighted by molar-refractivity contribution is 0.0969. The lowest BCUT2D eigenvalue weighted by atomic mass is 10.1. The van der Waals surface area contributed by atoms with Crippen LogP contribution in [0.5, 0.6) is 5.88 Å². The molecule has 5 rings (SSSR count). The molecule has 3 aromatic heterocycles. The summed E-state index contributed by atoms with van der Waals surface area (Å²) in [6, 6.07) is 3.26. The van der Waals surface area contributed by atoms with Gasteiger partial charge in [-0.15, -0.1) is 11.3 Å². The first kappa shape index (κ1) is 22.3. The minimum atomic E-state index is -0.355. The van der Waals surface area contributed by atoms with Crippen LogP contribution in [0.3, 0.4) is 0 Å². The highest BCUT2D eigenvalue weighted by atomic mass is 32.1. The van der Waals surface area contributed by atoms with Crippen molar-refractivity contribution in [2.24, 2.45) is 5.92 Å². The minimum Gasteiger partial charge on any atom is -0.477 e. The monoisotopic (exact) mass is 478 g/mol. The lowest BCUT2D eigenvalue weighted by Crippen LogP contribution is -2.36. The molecule has 0 saturated carbocycles. The number of aromatic nitrogens is 2. The van der Waals surface area contributed by atoms with E-state index in [2.05, 4.69) is 39.8 Å². The van der Waals surface area contributed by atoms with Crippen molar-refractivity contribution in [1.29, 1.82) is 0 Å². The van der Waals surface area contributed by atoms with Crippen LogP contribution < -0.4 is 25.6 Å². The van der Waals surface area contributed by atoms with Crippen molar-refractivity contribution >= 4 is 50.6 Å². The number of carbonyl (C=O) groups excluding carboxylic acids is 2. The number of hydrogen-bond acceptors (Lipinski definition) is 7. The third kappa shape index (κ3) is 4.10. The van der Waals surface area contributed by atoms with E-state index in [1.54, 1.807) is 23.4 Å². The van der Waals surface area contributed by atoms with Crippen LogP contribution in [0, 0.1) is 12.8 Å². The smallest absolute Gasteiger partial charge is 0.331 e. The molecule has 0 spiro atoms. The summed E-state index contributed by atoms with van der Waals surface area (Å²) in [6.45, 7) is 8.13. The molecule has 176 valence electrons. The molecule has 0 aromatic carbocycles. The molecular weight excluding hydrogens is 452 g/mol. The topological polar surface area (TPSA) is 108 Å². The van der Waals surface area contributed by atoms with E-state index in [0.29, 0.717) is 51.7 Å². The number of hydrogen-bond donors (Lipinski definition) is 3. The first-order valence-corrected chi connectivity index (χ1v) is 12.1. The molecule has 0 radical (unpaired) electrons. The molecule has 3 N–H and O–H groups in total. The number of urea groups is 1. The average Bonchev–Trinajstić information content (AvgIpc) is 3.19. The number of rotatable bonds is 6. The quantitative estimate of drug-likeness (QED) is 0.487. The molecule has 0 saturated heterocycles. The van der Waals surface area contributed by atoms with E-state index in [9.17, 15) is 9.59 Å². The number of nitrogens with one attached hydrogen (secondary N) is 3. The van der Waals surface area contributed by atoms with E-state index in [1.165, 1.54) is 11.3 Å². The summed E-state index contributed by atoms with van der Waals surface area (Å²) in [6.07, 6.45) is 6.18. The Morgan fingerprint density at radius 3 is 2.91 bits per heavy atom. The van der Waals surface area contributed by atoms with E-state index in [1.807, 2.05) is 19.1 Å². The Morgan fingerprint density at radius 2 is 2.18 bits per heavy atom. The third-order valence-corrected chi connectivity index (χ3v) is 6.71. The molecule has 0 unspecified atom stereocenters. The van der Waals surface area contributed by atoms with Crippen LogP contribution in [0.4, 0.5) is 21.9 Å². The fourth-order valence-electron chi connectivity index (χ4n) is 4.01. The second-order valence-corrected chi connectivity index (χ2v) is 9.74. The highest BCUT2D eigenvalue weighted by molar-refractivity contribution is 7.21. The van der Waals surface area contributed by atoms with Crippen molar-refractivity contribution in [2.45, 2.75) is 27.2 Å². The number of ether oxygens (including phenoxy) is 1.